The van der Waals surface area contributed by atoms with Gasteiger partial charge in [0.1, 0.15) is 23.4 Å². The van der Waals surface area contributed by atoms with Crippen LogP contribution in [-0.4, -0.2) is 17.1 Å². The van der Waals surface area contributed by atoms with E-state index in [0.717, 1.165) is 0 Å². The number of carbonyl (C=O) groups is 1. The van der Waals surface area contributed by atoms with Crippen molar-refractivity contribution in [2.45, 2.75) is 26.9 Å². The van der Waals surface area contributed by atoms with E-state index in [1.165, 1.54) is 30.5 Å². The second-order valence-corrected chi connectivity index (χ2v) is 7.70. The fourth-order valence-corrected chi connectivity index (χ4v) is 2.66. The molecule has 7 nitrogen and oxygen atoms in total. The molecule has 0 bridgehead atoms. The van der Waals surface area contributed by atoms with Gasteiger partial charge in [0, 0.05) is 17.2 Å². The van der Waals surface area contributed by atoms with Crippen molar-refractivity contribution in [1.29, 1.82) is 0 Å². The van der Waals surface area contributed by atoms with Crippen LogP contribution in [0.1, 0.15) is 31.1 Å². The second-order valence-electron chi connectivity index (χ2n) is 7.70. The quantitative estimate of drug-likeness (QED) is 0.438. The maximum atomic E-state index is 13.1. The van der Waals surface area contributed by atoms with Gasteiger partial charge in [0.25, 0.3) is 16.8 Å². The minimum absolute atomic E-state index is 0.0955. The molecule has 3 rings (SSSR count). The molecule has 0 saturated carbocycles. The number of benzene rings is 1. The van der Waals surface area contributed by atoms with Gasteiger partial charge in [-0.2, -0.15) is 0 Å². The van der Waals surface area contributed by atoms with Gasteiger partial charge in [0.05, 0.1) is 11.9 Å². The number of rotatable bonds is 6. The summed E-state index contributed by atoms with van der Waals surface area (Å²) in [6.45, 7) is 5.61. The first-order valence-corrected chi connectivity index (χ1v) is 9.00. The summed E-state index contributed by atoms with van der Waals surface area (Å²) in [4.78, 5) is 40.7. The molecule has 0 aliphatic heterocycles. The molecule has 0 saturated heterocycles. The summed E-state index contributed by atoms with van der Waals surface area (Å²) in [5.41, 5.74) is -0.755. The molecule has 8 heteroatoms. The Morgan fingerprint density at radius 3 is 2.28 bits per heavy atom. The maximum absolute atomic E-state index is 13.1. The summed E-state index contributed by atoms with van der Waals surface area (Å²) in [6.07, 6.45) is 2.45. The topological polar surface area (TPSA) is 100 Å². The van der Waals surface area contributed by atoms with Crippen LogP contribution in [-0.2, 0) is 0 Å². The number of nitrogens with one attached hydrogen (secondary N) is 3. The van der Waals surface area contributed by atoms with E-state index in [4.69, 9.17) is 0 Å². The van der Waals surface area contributed by atoms with Gasteiger partial charge in [-0.1, -0.05) is 20.8 Å². The van der Waals surface area contributed by atoms with Gasteiger partial charge in [-0.05, 0) is 36.4 Å². The van der Waals surface area contributed by atoms with Crippen LogP contribution in [0, 0.1) is 11.2 Å². The fourth-order valence-electron chi connectivity index (χ4n) is 2.66. The van der Waals surface area contributed by atoms with Crippen LogP contribution in [0.2, 0.25) is 0 Å². The number of anilines is 3. The van der Waals surface area contributed by atoms with E-state index in [0.29, 0.717) is 5.69 Å². The lowest BCUT2D eigenvalue weighted by Gasteiger charge is -2.33. The van der Waals surface area contributed by atoms with Crippen LogP contribution in [0.5, 0.6) is 0 Å². The van der Waals surface area contributed by atoms with Crippen molar-refractivity contribution >= 4 is 23.0 Å². The molecule has 2 aromatic carbocycles. The molecular weight excluding hydrogens is 375 g/mol. The van der Waals surface area contributed by atoms with Crippen LogP contribution in [0.15, 0.2) is 58.4 Å². The Bertz CT molecular complexity index is 1080. The molecule has 0 fully saturated rings. The van der Waals surface area contributed by atoms with Gasteiger partial charge in [-0.15, -0.1) is 0 Å². The highest BCUT2D eigenvalue weighted by Gasteiger charge is 2.31. The number of aromatic nitrogens is 1. The molecule has 0 aliphatic rings. The Morgan fingerprint density at radius 1 is 1.03 bits per heavy atom. The van der Waals surface area contributed by atoms with Crippen molar-refractivity contribution in [2.75, 3.05) is 10.6 Å². The lowest BCUT2D eigenvalue weighted by atomic mass is 9.91. The molecule has 1 aromatic heterocycles. The molecule has 0 radical (unpaired) electrons. The maximum Gasteiger partial charge on any atom is 0.253 e. The third kappa shape index (κ3) is 4.48. The van der Waals surface area contributed by atoms with Crippen molar-refractivity contribution in [3.05, 3.63) is 80.6 Å². The predicted molar refractivity (Wildman–Crippen MR) is 110 cm³/mol. The molecule has 29 heavy (non-hydrogen) atoms. The number of pyridine rings is 1. The first kappa shape index (κ1) is 20.2. The van der Waals surface area contributed by atoms with Gasteiger partial charge in [0.2, 0.25) is 0 Å². The van der Waals surface area contributed by atoms with Gasteiger partial charge >= 0.3 is 0 Å². The van der Waals surface area contributed by atoms with E-state index >= 15 is 0 Å². The van der Waals surface area contributed by atoms with E-state index in [1.807, 2.05) is 20.8 Å². The van der Waals surface area contributed by atoms with Crippen molar-refractivity contribution < 1.29 is 9.18 Å². The Hall–Kier alpha value is -3.55. The summed E-state index contributed by atoms with van der Waals surface area (Å²) in [6, 6.07) is 8.54. The summed E-state index contributed by atoms with van der Waals surface area (Å²) in [7, 11) is 0. The molecule has 0 spiro atoms. The van der Waals surface area contributed by atoms with Crippen LogP contribution in [0.4, 0.5) is 21.5 Å². The Labute approximate surface area is 166 Å². The minimum atomic E-state index is -0.669. The predicted octanol–water partition coefficient (Wildman–Crippen LogP) is 2.77. The number of nitrogens with zero attached hydrogens (tertiary/aromatic N) is 1. The highest BCUT2D eigenvalue weighted by Crippen LogP contribution is 2.26. The molecule has 3 aromatic rings. The largest absolute Gasteiger partial charge is 0.360 e. The van der Waals surface area contributed by atoms with Crippen LogP contribution < -0.4 is 26.8 Å². The van der Waals surface area contributed by atoms with E-state index in [2.05, 4.69) is 20.9 Å². The zero-order valence-electron chi connectivity index (χ0n) is 16.2. The first-order chi connectivity index (χ1) is 13.7. The zero-order valence-corrected chi connectivity index (χ0v) is 16.2. The number of carbonyl (C=O) groups excluding carboxylic acids is 1. The van der Waals surface area contributed by atoms with Crippen molar-refractivity contribution in [3.63, 3.8) is 0 Å². The van der Waals surface area contributed by atoms with E-state index in [9.17, 15) is 18.8 Å². The highest BCUT2D eigenvalue weighted by molar-refractivity contribution is 5.94. The third-order valence-electron chi connectivity index (χ3n) is 4.38. The summed E-state index contributed by atoms with van der Waals surface area (Å²) in [5, 5.41) is 8.66. The Balaban J connectivity index is 1.82. The lowest BCUT2D eigenvalue weighted by Crippen LogP contribution is -2.51. The molecule has 3 N–H and O–H groups in total. The normalized spacial score (nSPS) is 12.4. The number of hydrogen-bond acceptors (Lipinski definition) is 6. The van der Waals surface area contributed by atoms with Crippen LogP contribution in [0.25, 0.3) is 0 Å². The third-order valence-corrected chi connectivity index (χ3v) is 4.38. The molecule has 0 aliphatic carbocycles. The van der Waals surface area contributed by atoms with E-state index in [-0.39, 0.29) is 16.9 Å². The van der Waals surface area contributed by atoms with E-state index < -0.39 is 34.2 Å². The summed E-state index contributed by atoms with van der Waals surface area (Å²) in [5.74, 6) is -0.875. The molecule has 1 amide bonds. The SMILES string of the molecule is CC(C)(C)C(NC(=O)c1ccc(F)cc1)Nc1c(Nc2cccnc2)c(=O)c1=O. The van der Waals surface area contributed by atoms with Crippen molar-refractivity contribution in [3.8, 4) is 0 Å². The smallest absolute Gasteiger partial charge is 0.253 e. The van der Waals surface area contributed by atoms with Crippen LogP contribution in [0.3, 0.4) is 0 Å². The molecular formula is C21H21FN4O3. The number of amides is 1. The van der Waals surface area contributed by atoms with Crippen molar-refractivity contribution in [2.24, 2.45) is 5.41 Å². The monoisotopic (exact) mass is 396 g/mol. The number of hydrogen-bond donors (Lipinski definition) is 3. The van der Waals surface area contributed by atoms with Gasteiger partial charge < -0.3 is 16.0 Å². The molecule has 1 heterocycles. The second kappa shape index (κ2) is 7.83. The number of halogens is 1. The molecule has 150 valence electrons. The van der Waals surface area contributed by atoms with Gasteiger partial charge in [0.15, 0.2) is 0 Å². The Morgan fingerprint density at radius 2 is 1.69 bits per heavy atom. The minimum Gasteiger partial charge on any atom is -0.360 e. The zero-order chi connectivity index (χ0) is 21.2. The standard InChI is InChI=1S/C21H21FN4O3/c1-21(2,3)20(26-19(29)12-6-8-13(22)9-7-12)25-16-15(17(27)18(16)28)24-14-5-4-10-23-11-14/h4-11,20,24-25H,1-3H3,(H,26,29). The van der Waals surface area contributed by atoms with Crippen LogP contribution >= 0.6 is 0 Å². The van der Waals surface area contributed by atoms with Crippen molar-refractivity contribution in [1.82, 2.24) is 10.3 Å². The molecule has 1 unspecified atom stereocenters. The molecule has 1 atom stereocenters. The lowest BCUT2D eigenvalue weighted by molar-refractivity contribution is 0.0913. The first-order valence-electron chi connectivity index (χ1n) is 9.00. The summed E-state index contributed by atoms with van der Waals surface area (Å²) < 4.78 is 13.1. The van der Waals surface area contributed by atoms with Gasteiger partial charge in [-0.25, -0.2) is 4.39 Å². The summed E-state index contributed by atoms with van der Waals surface area (Å²) >= 11 is 0. The average molecular weight is 396 g/mol. The van der Waals surface area contributed by atoms with E-state index in [1.54, 1.807) is 18.3 Å². The Kier molecular flexibility index (Phi) is 5.45. The highest BCUT2D eigenvalue weighted by atomic mass is 19.1. The average Bonchev–Trinajstić information content (AvgIpc) is 2.69. The van der Waals surface area contributed by atoms with Gasteiger partial charge in [-0.3, -0.25) is 19.4 Å². The fraction of sp³-hybridized carbons (Fsp3) is 0.238.